The highest BCUT2D eigenvalue weighted by Gasteiger charge is 2.75. The van der Waals surface area contributed by atoms with Crippen LogP contribution in [0.3, 0.4) is 0 Å². The minimum absolute atomic E-state index is 0.0396. The second-order valence-electron chi connectivity index (χ2n) is 11.2. The summed E-state index contributed by atoms with van der Waals surface area (Å²) >= 11 is 0. The number of hydrogen-bond donors (Lipinski definition) is 1. The Morgan fingerprint density at radius 3 is 2.27 bits per heavy atom. The summed E-state index contributed by atoms with van der Waals surface area (Å²) in [6.07, 6.45) is 2.63. The van der Waals surface area contributed by atoms with E-state index < -0.39 is 46.8 Å². The molecule has 4 rings (SSSR count). The highest BCUT2D eigenvalue weighted by atomic mass is 16.6. The fourth-order valence-corrected chi connectivity index (χ4v) is 8.19. The molecule has 0 bridgehead atoms. The van der Waals surface area contributed by atoms with E-state index in [1.165, 1.54) is 21.0 Å². The molecule has 9 atom stereocenters. The van der Waals surface area contributed by atoms with E-state index in [0.717, 1.165) is 6.42 Å². The Morgan fingerprint density at radius 2 is 1.67 bits per heavy atom. The lowest BCUT2D eigenvalue weighted by molar-refractivity contribution is -0.235. The summed E-state index contributed by atoms with van der Waals surface area (Å²) in [5, 5.41) is 12.4. The van der Waals surface area contributed by atoms with Crippen LogP contribution in [0.25, 0.3) is 0 Å². The average molecular weight is 465 g/mol. The molecule has 1 N–H and O–H groups in total. The number of ketones is 1. The minimum atomic E-state index is -1.50. The van der Waals surface area contributed by atoms with E-state index >= 15 is 0 Å². The first kappa shape index (κ1) is 24.2. The monoisotopic (exact) mass is 464 g/mol. The second kappa shape index (κ2) is 8.07. The van der Waals surface area contributed by atoms with E-state index in [4.69, 9.17) is 14.2 Å². The number of methoxy groups -OCH3 is 1. The first-order valence-corrected chi connectivity index (χ1v) is 12.1. The van der Waals surface area contributed by atoms with Crippen LogP contribution in [0.1, 0.15) is 72.6 Å². The predicted molar refractivity (Wildman–Crippen MR) is 116 cm³/mol. The van der Waals surface area contributed by atoms with Gasteiger partial charge in [0.25, 0.3) is 0 Å². The summed E-state index contributed by atoms with van der Waals surface area (Å²) in [7, 11) is 1.30. The molecule has 0 saturated heterocycles. The fourth-order valence-electron chi connectivity index (χ4n) is 8.19. The number of esters is 3. The Kier molecular flexibility index (Phi) is 5.91. The molecule has 4 aliphatic rings. The zero-order valence-electron chi connectivity index (χ0n) is 20.2. The topological polar surface area (TPSA) is 116 Å². The minimum Gasteiger partial charge on any atom is -0.469 e. The van der Waals surface area contributed by atoms with Gasteiger partial charge in [-0.2, -0.15) is 0 Å². The Labute approximate surface area is 194 Å². The van der Waals surface area contributed by atoms with Crippen LogP contribution in [0.4, 0.5) is 0 Å². The van der Waals surface area contributed by atoms with Crippen LogP contribution in [0.15, 0.2) is 0 Å². The van der Waals surface area contributed by atoms with Gasteiger partial charge < -0.3 is 19.3 Å². The lowest BCUT2D eigenvalue weighted by Gasteiger charge is -2.62. The van der Waals surface area contributed by atoms with Crippen LogP contribution >= 0.6 is 0 Å². The molecule has 0 aromatic carbocycles. The first-order chi connectivity index (χ1) is 15.4. The Morgan fingerprint density at radius 1 is 1.00 bits per heavy atom. The van der Waals surface area contributed by atoms with Crippen molar-refractivity contribution in [3.63, 3.8) is 0 Å². The second-order valence-corrected chi connectivity index (χ2v) is 11.2. The van der Waals surface area contributed by atoms with Gasteiger partial charge in [-0.05, 0) is 43.4 Å². The summed E-state index contributed by atoms with van der Waals surface area (Å²) in [6, 6.07) is 0. The maximum absolute atomic E-state index is 13.8. The van der Waals surface area contributed by atoms with E-state index in [9.17, 15) is 24.3 Å². The average Bonchev–Trinajstić information content (AvgIpc) is 2.94. The van der Waals surface area contributed by atoms with Gasteiger partial charge in [0.1, 0.15) is 23.6 Å². The van der Waals surface area contributed by atoms with Gasteiger partial charge in [-0.3, -0.25) is 19.2 Å². The number of carbonyl (C=O) groups is 4. The first-order valence-electron chi connectivity index (χ1n) is 12.1. The highest BCUT2D eigenvalue weighted by molar-refractivity contribution is 5.87. The van der Waals surface area contributed by atoms with E-state index in [1.54, 1.807) is 6.92 Å². The number of Topliss-reactive ketones (excluding diaryl/α,β-unsaturated/α-hetero) is 1. The van der Waals surface area contributed by atoms with Crippen molar-refractivity contribution < 1.29 is 38.5 Å². The van der Waals surface area contributed by atoms with Crippen LogP contribution in [0.2, 0.25) is 0 Å². The number of carbonyl (C=O) groups excluding carboxylic acids is 4. The van der Waals surface area contributed by atoms with Crippen molar-refractivity contribution in [2.24, 2.45) is 34.5 Å². The van der Waals surface area contributed by atoms with Crippen molar-refractivity contribution in [1.82, 2.24) is 0 Å². The zero-order valence-corrected chi connectivity index (χ0v) is 20.2. The largest absolute Gasteiger partial charge is 0.469 e. The third-order valence-electron chi connectivity index (χ3n) is 9.63. The Hall–Kier alpha value is -1.96. The third kappa shape index (κ3) is 3.43. The van der Waals surface area contributed by atoms with Gasteiger partial charge in [0.15, 0.2) is 0 Å². The van der Waals surface area contributed by atoms with E-state index in [-0.39, 0.29) is 42.0 Å². The molecular formula is C25H36O8. The third-order valence-corrected chi connectivity index (χ3v) is 9.63. The number of hydrogen-bond acceptors (Lipinski definition) is 8. The summed E-state index contributed by atoms with van der Waals surface area (Å²) < 4.78 is 16.1. The number of ether oxygens (including phenoxy) is 3. The zero-order chi connectivity index (χ0) is 24.3. The molecule has 33 heavy (non-hydrogen) atoms. The van der Waals surface area contributed by atoms with Gasteiger partial charge in [0.05, 0.1) is 13.0 Å². The van der Waals surface area contributed by atoms with Gasteiger partial charge in [-0.25, -0.2) is 0 Å². The van der Waals surface area contributed by atoms with Crippen LogP contribution in [0, 0.1) is 34.5 Å². The Balaban J connectivity index is 1.72. The van der Waals surface area contributed by atoms with Crippen LogP contribution in [0.5, 0.6) is 0 Å². The van der Waals surface area contributed by atoms with Crippen molar-refractivity contribution in [2.45, 2.75) is 90.4 Å². The highest BCUT2D eigenvalue weighted by Crippen LogP contribution is 2.68. The molecule has 0 heterocycles. The maximum Gasteiger partial charge on any atom is 0.309 e. The smallest absolute Gasteiger partial charge is 0.309 e. The van der Waals surface area contributed by atoms with Crippen molar-refractivity contribution in [1.29, 1.82) is 0 Å². The quantitative estimate of drug-likeness (QED) is 0.500. The van der Waals surface area contributed by atoms with E-state index in [0.29, 0.717) is 25.7 Å². The predicted octanol–water partition coefficient (Wildman–Crippen LogP) is 2.59. The summed E-state index contributed by atoms with van der Waals surface area (Å²) in [4.78, 5) is 49.9. The number of rotatable bonds is 3. The molecule has 184 valence electrons. The molecule has 4 aliphatic carbocycles. The van der Waals surface area contributed by atoms with E-state index in [2.05, 4.69) is 6.92 Å². The van der Waals surface area contributed by atoms with Gasteiger partial charge in [0.2, 0.25) is 0 Å². The molecule has 0 radical (unpaired) electrons. The van der Waals surface area contributed by atoms with Gasteiger partial charge in [-0.15, -0.1) is 0 Å². The van der Waals surface area contributed by atoms with Crippen molar-refractivity contribution in [2.75, 3.05) is 7.11 Å². The van der Waals surface area contributed by atoms with Crippen LogP contribution < -0.4 is 0 Å². The molecule has 0 unspecified atom stereocenters. The summed E-state index contributed by atoms with van der Waals surface area (Å²) in [5.41, 5.74) is -2.93. The Bertz CT molecular complexity index is 868. The maximum atomic E-state index is 13.8. The van der Waals surface area contributed by atoms with Crippen LogP contribution in [-0.2, 0) is 33.4 Å². The molecule has 0 spiro atoms. The fraction of sp³-hybridized carbons (Fsp3) is 0.840. The molecule has 0 aromatic rings. The van der Waals surface area contributed by atoms with E-state index in [1.807, 2.05) is 0 Å². The van der Waals surface area contributed by atoms with Gasteiger partial charge in [-0.1, -0.05) is 13.8 Å². The molecule has 4 fully saturated rings. The molecule has 8 heteroatoms. The van der Waals surface area contributed by atoms with Gasteiger partial charge in [0, 0.05) is 43.9 Å². The SMILES string of the molecule is COC(=O)[C@@H]1C[C@H](OC(C)=O)[C@]2(O)[C@@H]3CC[C@@H]4C[C@H](OC(C)=O)CC[C@]4(C)[C@H]3C(=O)C[C@]12C. The lowest BCUT2D eigenvalue weighted by atomic mass is 9.42. The molecular weight excluding hydrogens is 428 g/mol. The molecule has 0 aliphatic heterocycles. The molecule has 4 saturated carbocycles. The molecule has 0 amide bonds. The normalized spacial score (nSPS) is 46.4. The van der Waals surface area contributed by atoms with Crippen molar-refractivity contribution >= 4 is 23.7 Å². The molecule has 0 aromatic heterocycles. The van der Waals surface area contributed by atoms with Crippen molar-refractivity contribution in [3.05, 3.63) is 0 Å². The lowest BCUT2D eigenvalue weighted by Crippen LogP contribution is -2.68. The van der Waals surface area contributed by atoms with Gasteiger partial charge >= 0.3 is 17.9 Å². The molecule has 8 nitrogen and oxygen atoms in total. The standard InChI is InChI=1S/C25H36O8/c1-13(26)32-16-8-9-23(3)15(10-16)6-7-17-21(23)19(28)12-24(4)18(22(29)31-5)11-20(25(17,24)30)33-14(2)27/h15-18,20-21,30H,6-12H2,1-5H3/t15-,16-,17-,18+,20+,21-,23+,24-,25-/m1/s1. The summed E-state index contributed by atoms with van der Waals surface area (Å²) in [5.74, 6) is -2.60. The summed E-state index contributed by atoms with van der Waals surface area (Å²) in [6.45, 7) is 6.61. The number of fused-ring (bicyclic) bond motifs is 5. The van der Waals surface area contributed by atoms with Crippen molar-refractivity contribution in [3.8, 4) is 0 Å². The number of aliphatic hydroxyl groups is 1. The van der Waals surface area contributed by atoms with Crippen LogP contribution in [-0.4, -0.2) is 53.7 Å².